The van der Waals surface area contributed by atoms with Gasteiger partial charge in [0.05, 0.1) is 17.3 Å². The summed E-state index contributed by atoms with van der Waals surface area (Å²) in [6, 6.07) is 75.2. The van der Waals surface area contributed by atoms with E-state index in [1.807, 2.05) is 0 Å². The van der Waals surface area contributed by atoms with E-state index < -0.39 is 0 Å². The first kappa shape index (κ1) is 32.3. The Morgan fingerprint density at radius 2 is 0.839 bits per heavy atom. The van der Waals surface area contributed by atoms with Gasteiger partial charge in [0.2, 0.25) is 0 Å². The average molecular weight is 715 g/mol. The molecule has 0 bridgehead atoms. The summed E-state index contributed by atoms with van der Waals surface area (Å²) in [5, 5.41) is 1.31. The molecular weight excluding hydrogens is 677 g/mol. The van der Waals surface area contributed by atoms with Gasteiger partial charge in [-0.25, -0.2) is 0 Å². The van der Waals surface area contributed by atoms with Gasteiger partial charge < -0.3 is 9.47 Å². The minimum atomic E-state index is 0.151. The Labute approximate surface area is 327 Å². The van der Waals surface area contributed by atoms with Gasteiger partial charge >= 0.3 is 0 Å². The number of nitrogens with zero attached hydrogens (tertiary/aromatic N) is 2. The van der Waals surface area contributed by atoms with Gasteiger partial charge in [0.25, 0.3) is 0 Å². The van der Waals surface area contributed by atoms with Crippen LogP contribution in [0.25, 0.3) is 67.2 Å². The number of para-hydroxylation sites is 2. The lowest BCUT2D eigenvalue weighted by atomic mass is 9.82. The highest BCUT2D eigenvalue weighted by atomic mass is 15.2. The summed E-state index contributed by atoms with van der Waals surface area (Å²) in [7, 11) is 0. The van der Waals surface area contributed by atoms with Crippen molar-refractivity contribution in [3.63, 3.8) is 0 Å². The molecule has 0 N–H and O–H groups in total. The molecule has 2 unspecified atom stereocenters. The zero-order valence-corrected chi connectivity index (χ0v) is 30.8. The molecule has 2 aliphatic rings. The Morgan fingerprint density at radius 3 is 1.43 bits per heavy atom. The molecule has 8 aromatic carbocycles. The van der Waals surface area contributed by atoms with Gasteiger partial charge in [-0.15, -0.1) is 0 Å². The molecule has 56 heavy (non-hydrogen) atoms. The van der Waals surface area contributed by atoms with Gasteiger partial charge in [-0.05, 0) is 98.1 Å². The number of anilines is 2. The molecule has 0 saturated carbocycles. The third-order valence-electron chi connectivity index (χ3n) is 11.8. The van der Waals surface area contributed by atoms with Crippen molar-refractivity contribution >= 4 is 28.4 Å². The summed E-state index contributed by atoms with van der Waals surface area (Å²) in [6.07, 6.45) is 4.81. The SMILES string of the molecule is C1=CC2C(c3ccccc3N2c2ccc(-c3ccccc3-c3ccccc3)cc2)c2c1n(-c1ccc(-c3ccccc3-c3ccccc3)cc1)c1ccccc21. The highest BCUT2D eigenvalue weighted by Gasteiger charge is 2.43. The highest BCUT2D eigenvalue weighted by Crippen LogP contribution is 2.54. The second-order valence-corrected chi connectivity index (χ2v) is 14.8. The van der Waals surface area contributed by atoms with Crippen molar-refractivity contribution in [1.29, 1.82) is 0 Å². The van der Waals surface area contributed by atoms with Crippen molar-refractivity contribution in [3.8, 4) is 50.2 Å². The molecule has 1 aliphatic heterocycles. The van der Waals surface area contributed by atoms with E-state index in [0.717, 1.165) is 0 Å². The fraction of sp³-hybridized carbons (Fsp3) is 0.0370. The van der Waals surface area contributed by atoms with E-state index in [1.165, 1.54) is 89.3 Å². The summed E-state index contributed by atoms with van der Waals surface area (Å²) in [5.41, 5.74) is 18.8. The number of aromatic nitrogens is 1. The van der Waals surface area contributed by atoms with Crippen molar-refractivity contribution in [2.24, 2.45) is 0 Å². The lowest BCUT2D eigenvalue weighted by Crippen LogP contribution is -2.30. The quantitative estimate of drug-likeness (QED) is 0.166. The van der Waals surface area contributed by atoms with Gasteiger partial charge in [-0.1, -0.05) is 176 Å². The minimum absolute atomic E-state index is 0.151. The molecule has 264 valence electrons. The molecule has 2 nitrogen and oxygen atoms in total. The Bertz CT molecular complexity index is 2900. The maximum absolute atomic E-state index is 2.55. The van der Waals surface area contributed by atoms with E-state index in [-0.39, 0.29) is 12.0 Å². The first-order valence-corrected chi connectivity index (χ1v) is 19.5. The number of hydrogen-bond donors (Lipinski definition) is 0. The van der Waals surface area contributed by atoms with Crippen molar-refractivity contribution < 1.29 is 0 Å². The average Bonchev–Trinajstić information content (AvgIpc) is 3.80. The number of fused-ring (bicyclic) bond motifs is 7. The fourth-order valence-corrected chi connectivity index (χ4v) is 9.34. The van der Waals surface area contributed by atoms with Crippen molar-refractivity contribution in [2.45, 2.75) is 12.0 Å². The zero-order chi connectivity index (χ0) is 37.0. The van der Waals surface area contributed by atoms with E-state index in [0.29, 0.717) is 0 Å². The minimum Gasteiger partial charge on any atom is -0.333 e. The third kappa shape index (κ3) is 5.18. The van der Waals surface area contributed by atoms with Crippen molar-refractivity contribution in [1.82, 2.24) is 4.57 Å². The first-order valence-electron chi connectivity index (χ1n) is 19.5. The van der Waals surface area contributed by atoms with Crippen LogP contribution >= 0.6 is 0 Å². The number of rotatable bonds is 6. The van der Waals surface area contributed by atoms with Crippen molar-refractivity contribution in [3.05, 3.63) is 229 Å². The molecule has 2 atom stereocenters. The molecule has 0 amide bonds. The van der Waals surface area contributed by atoms with E-state index in [2.05, 4.69) is 228 Å². The predicted molar refractivity (Wildman–Crippen MR) is 235 cm³/mol. The predicted octanol–water partition coefficient (Wildman–Crippen LogP) is 14.0. The van der Waals surface area contributed by atoms with Gasteiger partial charge in [-0.2, -0.15) is 0 Å². The van der Waals surface area contributed by atoms with Crippen LogP contribution in [0, 0.1) is 0 Å². The smallest absolute Gasteiger partial charge is 0.0637 e. The Balaban J connectivity index is 0.987. The number of hydrogen-bond acceptors (Lipinski definition) is 1. The Morgan fingerprint density at radius 1 is 0.375 bits per heavy atom. The van der Waals surface area contributed by atoms with Crippen LogP contribution in [0.5, 0.6) is 0 Å². The van der Waals surface area contributed by atoms with Crippen LogP contribution in [0.2, 0.25) is 0 Å². The Kier molecular flexibility index (Phi) is 7.67. The third-order valence-corrected chi connectivity index (χ3v) is 11.8. The van der Waals surface area contributed by atoms with Crippen LogP contribution in [0.4, 0.5) is 11.4 Å². The molecule has 0 spiro atoms. The van der Waals surface area contributed by atoms with E-state index in [1.54, 1.807) is 0 Å². The van der Waals surface area contributed by atoms with E-state index >= 15 is 0 Å². The summed E-state index contributed by atoms with van der Waals surface area (Å²) in [4.78, 5) is 2.55. The normalized spacial score (nSPS) is 15.4. The lowest BCUT2D eigenvalue weighted by Gasteiger charge is -2.31. The van der Waals surface area contributed by atoms with E-state index in [4.69, 9.17) is 0 Å². The molecule has 2 heteroatoms. The van der Waals surface area contributed by atoms with Gasteiger partial charge in [0, 0.05) is 28.4 Å². The summed E-state index contributed by atoms with van der Waals surface area (Å²) in [6.45, 7) is 0. The molecule has 1 aliphatic carbocycles. The monoisotopic (exact) mass is 714 g/mol. The van der Waals surface area contributed by atoms with Gasteiger partial charge in [0.15, 0.2) is 0 Å². The lowest BCUT2D eigenvalue weighted by molar-refractivity contribution is 0.725. The molecule has 2 heterocycles. The Hall–Kier alpha value is -7.16. The second kappa shape index (κ2) is 13.3. The maximum Gasteiger partial charge on any atom is 0.0637 e. The van der Waals surface area contributed by atoms with E-state index in [9.17, 15) is 0 Å². The van der Waals surface area contributed by atoms with Crippen molar-refractivity contribution in [2.75, 3.05) is 4.90 Å². The van der Waals surface area contributed by atoms with Crippen LogP contribution in [-0.4, -0.2) is 10.6 Å². The second-order valence-electron chi connectivity index (χ2n) is 14.8. The number of benzene rings is 8. The summed E-state index contributed by atoms with van der Waals surface area (Å²) < 4.78 is 2.47. The highest BCUT2D eigenvalue weighted by molar-refractivity contribution is 5.95. The summed E-state index contributed by atoms with van der Waals surface area (Å²) in [5.74, 6) is 0.188. The molecule has 0 saturated heterocycles. The van der Waals surface area contributed by atoms with Crippen LogP contribution < -0.4 is 4.90 Å². The topological polar surface area (TPSA) is 8.17 Å². The zero-order valence-electron chi connectivity index (χ0n) is 30.8. The van der Waals surface area contributed by atoms with Crippen LogP contribution in [0.1, 0.15) is 22.7 Å². The van der Waals surface area contributed by atoms with Crippen LogP contribution in [-0.2, 0) is 0 Å². The van der Waals surface area contributed by atoms with Crippen LogP contribution in [0.3, 0.4) is 0 Å². The first-order chi connectivity index (χ1) is 27.8. The summed E-state index contributed by atoms with van der Waals surface area (Å²) >= 11 is 0. The van der Waals surface area contributed by atoms with Crippen LogP contribution in [0.15, 0.2) is 212 Å². The van der Waals surface area contributed by atoms with Gasteiger partial charge in [0.1, 0.15) is 0 Å². The molecular formula is C54H38N2. The molecule has 9 aromatic rings. The molecule has 1 aromatic heterocycles. The fourth-order valence-electron chi connectivity index (χ4n) is 9.34. The standard InChI is InChI=1S/C54H38N2/c1-3-15-37(16-4-1)43-19-7-9-21-45(43)39-27-31-41(32-28-39)55-49-25-13-11-23-47(49)53-51(55)35-36-52-54(53)48-24-12-14-26-50(48)56(52)42-33-29-40(30-34-42)46-22-10-8-20-44(46)38-17-5-2-6-18-38/h1-36,51,53H. The van der Waals surface area contributed by atoms with Gasteiger partial charge in [-0.3, -0.25) is 0 Å². The molecule has 11 rings (SSSR count). The molecule has 0 fully saturated rings. The molecule has 0 radical (unpaired) electrons. The largest absolute Gasteiger partial charge is 0.333 e. The maximum atomic E-state index is 2.55.